The van der Waals surface area contributed by atoms with Crippen molar-refractivity contribution in [3.63, 3.8) is 0 Å². The van der Waals surface area contributed by atoms with Crippen LogP contribution in [-0.4, -0.2) is 73.1 Å². The topological polar surface area (TPSA) is 63.7 Å². The van der Waals surface area contributed by atoms with Crippen molar-refractivity contribution in [2.75, 3.05) is 46.4 Å². The molecule has 6 heteroatoms. The number of nitrogens with two attached hydrogens (primary N) is 1. The molecule has 0 spiro atoms. The Morgan fingerprint density at radius 3 is 2.82 bits per heavy atom. The zero-order chi connectivity index (χ0) is 24.3. The maximum Gasteiger partial charge on any atom is 0.133 e. The van der Waals surface area contributed by atoms with Gasteiger partial charge in [-0.2, -0.15) is 0 Å². The van der Waals surface area contributed by atoms with Gasteiger partial charge in [-0.3, -0.25) is 4.90 Å². The third kappa shape index (κ3) is 7.42. The van der Waals surface area contributed by atoms with Gasteiger partial charge in [0.15, 0.2) is 0 Å². The molecule has 2 N–H and O–H groups in total. The Morgan fingerprint density at radius 2 is 2.12 bits per heavy atom. The first-order chi connectivity index (χ1) is 16.5. The lowest BCUT2D eigenvalue weighted by atomic mass is 9.93. The van der Waals surface area contributed by atoms with E-state index >= 15 is 0 Å². The van der Waals surface area contributed by atoms with E-state index in [9.17, 15) is 4.79 Å². The van der Waals surface area contributed by atoms with E-state index in [1.54, 1.807) is 0 Å². The first-order valence-corrected chi connectivity index (χ1v) is 13.0. The largest absolute Gasteiger partial charge is 0.493 e. The number of ether oxygens (including phenoxy) is 1. The summed E-state index contributed by atoms with van der Waals surface area (Å²) in [5.41, 5.74) is 9.47. The van der Waals surface area contributed by atoms with Crippen molar-refractivity contribution in [3.8, 4) is 5.75 Å². The first-order valence-electron chi connectivity index (χ1n) is 13.0. The van der Waals surface area contributed by atoms with E-state index in [1.165, 1.54) is 36.2 Å². The second-order valence-electron chi connectivity index (χ2n) is 9.77. The molecule has 2 unspecified atom stereocenters. The van der Waals surface area contributed by atoms with Crippen LogP contribution in [0, 0.1) is 0 Å². The van der Waals surface area contributed by atoms with Gasteiger partial charge in [0, 0.05) is 51.0 Å². The maximum atomic E-state index is 11.1. The van der Waals surface area contributed by atoms with Crippen molar-refractivity contribution < 1.29 is 9.53 Å². The molecular weight excluding hydrogens is 424 g/mol. The maximum absolute atomic E-state index is 11.1. The molecule has 1 aromatic heterocycles. The molecule has 0 bridgehead atoms. The minimum Gasteiger partial charge on any atom is -0.493 e. The summed E-state index contributed by atoms with van der Waals surface area (Å²) in [6.07, 6.45) is 10.0. The number of unbranched alkanes of at least 4 members (excludes halogenated alkanes) is 1. The molecule has 34 heavy (non-hydrogen) atoms. The normalized spacial score (nSPS) is 19.6. The van der Waals surface area contributed by atoms with E-state index in [4.69, 9.17) is 10.5 Å². The van der Waals surface area contributed by atoms with E-state index in [0.29, 0.717) is 18.5 Å². The lowest BCUT2D eigenvalue weighted by Gasteiger charge is -2.21. The molecule has 4 rings (SSSR count). The summed E-state index contributed by atoms with van der Waals surface area (Å²) in [4.78, 5) is 15.8. The Labute approximate surface area is 206 Å². The molecule has 6 nitrogen and oxygen atoms in total. The number of aldehydes is 1. The summed E-state index contributed by atoms with van der Waals surface area (Å²) >= 11 is 0. The highest BCUT2D eigenvalue weighted by Crippen LogP contribution is 2.36. The van der Waals surface area contributed by atoms with Crippen LogP contribution in [0.1, 0.15) is 55.3 Å². The SMILES string of the molecule is CCCCN(C)CCN.Cn1cccc1CCC1CC(c2ccc3c(c2)CCO3)CN1CC=O. The fraction of sp³-hybridized carbons (Fsp3) is 0.607. The third-order valence-corrected chi connectivity index (χ3v) is 7.21. The number of benzene rings is 1. The summed E-state index contributed by atoms with van der Waals surface area (Å²) in [5, 5.41) is 0. The molecule has 2 aromatic rings. The molecule has 2 atom stereocenters. The van der Waals surface area contributed by atoms with Crippen LogP contribution in [0.3, 0.4) is 0 Å². The predicted molar refractivity (Wildman–Crippen MR) is 140 cm³/mol. The average Bonchev–Trinajstić information content (AvgIpc) is 3.56. The second-order valence-corrected chi connectivity index (χ2v) is 9.77. The Hall–Kier alpha value is -2.15. The number of fused-ring (bicyclic) bond motifs is 1. The van der Waals surface area contributed by atoms with E-state index in [-0.39, 0.29) is 0 Å². The van der Waals surface area contributed by atoms with Gasteiger partial charge in [0.2, 0.25) is 0 Å². The molecule has 2 aliphatic heterocycles. The third-order valence-electron chi connectivity index (χ3n) is 7.21. The number of carbonyl (C=O) groups excluding carboxylic acids is 1. The van der Waals surface area contributed by atoms with Crippen molar-refractivity contribution in [3.05, 3.63) is 53.3 Å². The van der Waals surface area contributed by atoms with E-state index in [1.807, 2.05) is 0 Å². The highest BCUT2D eigenvalue weighted by Gasteiger charge is 2.32. The Balaban J connectivity index is 0.000000309. The zero-order valence-electron chi connectivity index (χ0n) is 21.4. The first kappa shape index (κ1) is 26.5. The molecule has 0 aliphatic carbocycles. The van der Waals surface area contributed by atoms with E-state index in [2.05, 4.69) is 71.9 Å². The van der Waals surface area contributed by atoms with Crippen molar-refractivity contribution in [1.82, 2.24) is 14.4 Å². The van der Waals surface area contributed by atoms with E-state index < -0.39 is 0 Å². The Morgan fingerprint density at radius 1 is 1.26 bits per heavy atom. The number of hydrogen-bond donors (Lipinski definition) is 1. The second kappa shape index (κ2) is 13.7. The number of aryl methyl sites for hydroxylation is 2. The lowest BCUT2D eigenvalue weighted by molar-refractivity contribution is -0.109. The zero-order valence-corrected chi connectivity index (χ0v) is 21.4. The standard InChI is InChI=1S/C21H26N2O2.C7H18N2/c1-22-9-2-3-19(22)5-6-20-14-18(15-23(20)10-11-24)16-4-7-21-17(13-16)8-12-25-21;1-3-4-6-9(2)7-5-8/h2-4,7,9,11,13,18,20H,5-6,8,10,12,14-15H2,1H3;3-8H2,1-2H3. The minimum atomic E-state index is 0.481. The van der Waals surface area contributed by atoms with Gasteiger partial charge in [-0.25, -0.2) is 0 Å². The number of likely N-dealkylation sites (N-methyl/N-ethyl adjacent to an activating group) is 1. The quantitative estimate of drug-likeness (QED) is 0.510. The number of rotatable bonds is 11. The number of nitrogens with zero attached hydrogens (tertiary/aromatic N) is 3. The molecule has 2 aliphatic rings. The predicted octanol–water partition coefficient (Wildman–Crippen LogP) is 3.63. The van der Waals surface area contributed by atoms with Crippen LogP contribution in [0.5, 0.6) is 5.75 Å². The lowest BCUT2D eigenvalue weighted by Crippen LogP contribution is -2.31. The average molecular weight is 469 g/mol. The van der Waals surface area contributed by atoms with Crippen LogP contribution >= 0.6 is 0 Å². The van der Waals surface area contributed by atoms with Crippen LogP contribution in [0.4, 0.5) is 0 Å². The molecule has 3 heterocycles. The molecule has 0 radical (unpaired) electrons. The van der Waals surface area contributed by atoms with Gasteiger partial charge in [-0.15, -0.1) is 0 Å². The van der Waals surface area contributed by atoms with Crippen molar-refractivity contribution in [2.45, 2.75) is 57.4 Å². The fourth-order valence-electron chi connectivity index (χ4n) is 5.14. The highest BCUT2D eigenvalue weighted by atomic mass is 16.5. The van der Waals surface area contributed by atoms with Gasteiger partial charge in [-0.1, -0.05) is 25.5 Å². The van der Waals surface area contributed by atoms with Crippen LogP contribution in [0.2, 0.25) is 0 Å². The van der Waals surface area contributed by atoms with Crippen molar-refractivity contribution in [2.24, 2.45) is 12.8 Å². The smallest absolute Gasteiger partial charge is 0.133 e. The summed E-state index contributed by atoms with van der Waals surface area (Å²) in [6, 6.07) is 11.4. The van der Waals surface area contributed by atoms with Crippen LogP contribution in [-0.2, 0) is 24.7 Å². The molecule has 0 amide bonds. The van der Waals surface area contributed by atoms with Gasteiger partial charge in [-0.05, 0) is 74.5 Å². The summed E-state index contributed by atoms with van der Waals surface area (Å²) in [5.74, 6) is 1.57. The van der Waals surface area contributed by atoms with Crippen LogP contribution in [0.25, 0.3) is 0 Å². The molecule has 188 valence electrons. The van der Waals surface area contributed by atoms with Gasteiger partial charge in [0.25, 0.3) is 0 Å². The monoisotopic (exact) mass is 468 g/mol. The van der Waals surface area contributed by atoms with Gasteiger partial charge in [0.1, 0.15) is 12.0 Å². The molecule has 1 fully saturated rings. The molecule has 0 saturated carbocycles. The number of hydrogen-bond acceptors (Lipinski definition) is 5. The van der Waals surface area contributed by atoms with Gasteiger partial charge >= 0.3 is 0 Å². The Kier molecular flexibility index (Phi) is 10.6. The highest BCUT2D eigenvalue weighted by molar-refractivity contribution is 5.52. The summed E-state index contributed by atoms with van der Waals surface area (Å²) in [6.45, 7) is 7.53. The molecule has 1 saturated heterocycles. The summed E-state index contributed by atoms with van der Waals surface area (Å²) in [7, 11) is 4.21. The Bertz CT molecular complexity index is 881. The van der Waals surface area contributed by atoms with Crippen molar-refractivity contribution >= 4 is 6.29 Å². The fourth-order valence-corrected chi connectivity index (χ4v) is 5.14. The molecular formula is C28H44N4O2. The van der Waals surface area contributed by atoms with Crippen molar-refractivity contribution in [1.29, 1.82) is 0 Å². The number of aromatic nitrogens is 1. The minimum absolute atomic E-state index is 0.481. The van der Waals surface area contributed by atoms with Crippen LogP contribution in [0.15, 0.2) is 36.5 Å². The van der Waals surface area contributed by atoms with Crippen LogP contribution < -0.4 is 10.5 Å². The van der Waals surface area contributed by atoms with Gasteiger partial charge in [0.05, 0.1) is 13.2 Å². The number of likely N-dealkylation sites (tertiary alicyclic amines) is 1. The molecule has 1 aromatic carbocycles. The summed E-state index contributed by atoms with van der Waals surface area (Å²) < 4.78 is 7.82. The van der Waals surface area contributed by atoms with Gasteiger partial charge < -0.3 is 24.7 Å². The van der Waals surface area contributed by atoms with E-state index in [0.717, 1.165) is 64.0 Å². The number of carbonyl (C=O) groups is 1.